The Kier molecular flexibility index (Phi) is 12.8. The van der Waals surface area contributed by atoms with Gasteiger partial charge in [0.25, 0.3) is 0 Å². The first-order valence-electron chi connectivity index (χ1n) is 9.84. The third-order valence-electron chi connectivity index (χ3n) is 4.41. The van der Waals surface area contributed by atoms with E-state index in [1.807, 2.05) is 0 Å². The number of carbonyl (C=O) groups is 4. The summed E-state index contributed by atoms with van der Waals surface area (Å²) in [6, 6.07) is -4.96. The number of carboxylic acid groups (broad SMARTS) is 1. The second-order valence-corrected chi connectivity index (χ2v) is 7.43. The molecule has 12 nitrogen and oxygen atoms in total. The highest BCUT2D eigenvalue weighted by Gasteiger charge is 2.33. The van der Waals surface area contributed by atoms with Crippen molar-refractivity contribution in [2.24, 2.45) is 17.4 Å². The molecule has 0 aromatic rings. The van der Waals surface area contributed by atoms with Crippen molar-refractivity contribution in [2.75, 3.05) is 13.2 Å². The summed E-state index contributed by atoms with van der Waals surface area (Å²) >= 11 is 0. The monoisotopic (exact) mass is 433 g/mol. The predicted octanol–water partition coefficient (Wildman–Crippen LogP) is -2.99. The van der Waals surface area contributed by atoms with Crippen LogP contribution in [0.1, 0.15) is 40.0 Å². The van der Waals surface area contributed by atoms with E-state index in [1.54, 1.807) is 13.8 Å². The smallest absolute Gasteiger partial charge is 0.328 e. The first kappa shape index (κ1) is 27.7. The van der Waals surface area contributed by atoms with Crippen LogP contribution in [-0.4, -0.2) is 82.4 Å². The van der Waals surface area contributed by atoms with E-state index in [4.69, 9.17) is 16.6 Å². The highest BCUT2D eigenvalue weighted by Crippen LogP contribution is 2.05. The van der Waals surface area contributed by atoms with Crippen LogP contribution in [0.3, 0.4) is 0 Å². The number of rotatable bonds is 14. The number of hydrogen-bond acceptors (Lipinski definition) is 8. The van der Waals surface area contributed by atoms with E-state index in [1.165, 1.54) is 6.92 Å². The molecule has 5 atom stereocenters. The van der Waals surface area contributed by atoms with Gasteiger partial charge < -0.3 is 42.7 Å². The number of hydrogen-bond donors (Lipinski definition) is 8. The van der Waals surface area contributed by atoms with Crippen LogP contribution in [0.15, 0.2) is 0 Å². The third-order valence-corrected chi connectivity index (χ3v) is 4.41. The second kappa shape index (κ2) is 13.9. The minimum Gasteiger partial charge on any atom is -0.480 e. The zero-order chi connectivity index (χ0) is 23.4. The molecule has 0 heterocycles. The quantitative estimate of drug-likeness (QED) is 0.131. The molecule has 0 saturated carbocycles. The number of aliphatic hydroxyl groups is 2. The molecule has 0 radical (unpaired) electrons. The van der Waals surface area contributed by atoms with Gasteiger partial charge in [-0.15, -0.1) is 0 Å². The van der Waals surface area contributed by atoms with Gasteiger partial charge in [-0.1, -0.05) is 20.3 Å². The fourth-order valence-corrected chi connectivity index (χ4v) is 2.53. The van der Waals surface area contributed by atoms with Crippen LogP contribution in [-0.2, 0) is 19.2 Å². The summed E-state index contributed by atoms with van der Waals surface area (Å²) in [4.78, 5) is 48.2. The van der Waals surface area contributed by atoms with Crippen LogP contribution in [0.2, 0.25) is 0 Å². The Morgan fingerprint density at radius 1 is 0.900 bits per heavy atom. The first-order valence-corrected chi connectivity index (χ1v) is 9.84. The molecule has 0 aromatic carbocycles. The number of nitrogens with one attached hydrogen (secondary N) is 3. The third kappa shape index (κ3) is 9.48. The largest absolute Gasteiger partial charge is 0.480 e. The van der Waals surface area contributed by atoms with E-state index < -0.39 is 66.5 Å². The summed E-state index contributed by atoms with van der Waals surface area (Å²) in [7, 11) is 0. The van der Waals surface area contributed by atoms with Crippen LogP contribution < -0.4 is 27.4 Å². The molecular weight excluding hydrogens is 398 g/mol. The molecule has 174 valence electrons. The predicted molar refractivity (Wildman–Crippen MR) is 108 cm³/mol. The molecule has 5 unspecified atom stereocenters. The van der Waals surface area contributed by atoms with Gasteiger partial charge in [0.1, 0.15) is 12.1 Å². The molecule has 12 heteroatoms. The Balaban J connectivity index is 5.07. The van der Waals surface area contributed by atoms with Crippen molar-refractivity contribution in [1.29, 1.82) is 0 Å². The Hall–Kier alpha value is -2.28. The number of aliphatic carboxylic acids is 1. The van der Waals surface area contributed by atoms with Crippen LogP contribution in [0.5, 0.6) is 0 Å². The zero-order valence-electron chi connectivity index (χ0n) is 17.6. The van der Waals surface area contributed by atoms with Crippen molar-refractivity contribution < 1.29 is 34.5 Å². The molecule has 10 N–H and O–H groups in total. The van der Waals surface area contributed by atoms with Gasteiger partial charge in [-0.2, -0.15) is 0 Å². The van der Waals surface area contributed by atoms with E-state index in [2.05, 4.69) is 16.0 Å². The van der Waals surface area contributed by atoms with Crippen LogP contribution >= 0.6 is 0 Å². The van der Waals surface area contributed by atoms with E-state index in [0.29, 0.717) is 25.8 Å². The maximum Gasteiger partial charge on any atom is 0.328 e. The first-order chi connectivity index (χ1) is 14.0. The summed E-state index contributed by atoms with van der Waals surface area (Å²) in [5.41, 5.74) is 11.1. The minimum absolute atomic E-state index is 0.357. The van der Waals surface area contributed by atoms with E-state index in [0.717, 1.165) is 0 Å². The van der Waals surface area contributed by atoms with Crippen LogP contribution in [0.25, 0.3) is 0 Å². The second-order valence-electron chi connectivity index (χ2n) is 7.43. The van der Waals surface area contributed by atoms with Gasteiger partial charge in [0.2, 0.25) is 17.7 Å². The lowest BCUT2D eigenvalue weighted by molar-refractivity contribution is -0.145. The molecule has 0 bridgehead atoms. The molecule has 0 aliphatic heterocycles. The average Bonchev–Trinajstić information content (AvgIpc) is 2.66. The summed E-state index contributed by atoms with van der Waals surface area (Å²) < 4.78 is 0. The molecular formula is C18H35N5O7. The lowest BCUT2D eigenvalue weighted by Crippen LogP contribution is -2.60. The number of amides is 3. The Morgan fingerprint density at radius 3 is 1.90 bits per heavy atom. The average molecular weight is 434 g/mol. The van der Waals surface area contributed by atoms with Gasteiger partial charge in [-0.25, -0.2) is 4.79 Å². The maximum absolute atomic E-state index is 12.5. The molecule has 0 spiro atoms. The van der Waals surface area contributed by atoms with E-state index in [-0.39, 0.29) is 0 Å². The molecule has 0 aliphatic rings. The van der Waals surface area contributed by atoms with Gasteiger partial charge in [-0.05, 0) is 32.2 Å². The Labute approximate surface area is 175 Å². The van der Waals surface area contributed by atoms with Crippen LogP contribution in [0, 0.1) is 5.92 Å². The lowest BCUT2D eigenvalue weighted by atomic mass is 10.0. The van der Waals surface area contributed by atoms with E-state index >= 15 is 0 Å². The summed E-state index contributed by atoms with van der Waals surface area (Å²) in [5.74, 6) is -4.18. The van der Waals surface area contributed by atoms with Crippen molar-refractivity contribution in [3.63, 3.8) is 0 Å². The molecule has 0 aromatic heterocycles. The highest BCUT2D eigenvalue weighted by atomic mass is 16.4. The normalized spacial score (nSPS) is 16.1. The van der Waals surface area contributed by atoms with Crippen molar-refractivity contribution in [3.8, 4) is 0 Å². The fraction of sp³-hybridized carbons (Fsp3) is 0.778. The summed E-state index contributed by atoms with van der Waals surface area (Å²) in [6.07, 6.45) is 0.320. The van der Waals surface area contributed by atoms with Gasteiger partial charge in [0.05, 0.1) is 18.8 Å². The van der Waals surface area contributed by atoms with Crippen molar-refractivity contribution in [3.05, 3.63) is 0 Å². The molecule has 30 heavy (non-hydrogen) atoms. The lowest BCUT2D eigenvalue weighted by Gasteiger charge is -2.27. The molecule has 0 saturated heterocycles. The summed E-state index contributed by atoms with van der Waals surface area (Å²) in [5, 5.41) is 35.0. The van der Waals surface area contributed by atoms with E-state index in [9.17, 15) is 29.4 Å². The molecule has 0 aliphatic carbocycles. The number of nitrogens with two attached hydrogens (primary N) is 2. The molecule has 0 rings (SSSR count). The molecule has 0 fully saturated rings. The standard InChI is InChI=1S/C18H35N5O7/c1-9(2)13(17(28)23-14(10(3)25)18(29)30)22-16(27)12(8-24)21-15(26)11(20)6-4-5-7-19/h9-14,24-25H,4-8,19-20H2,1-3H3,(H,21,26)(H,22,27)(H,23,28)(H,29,30). The number of carboxylic acids is 1. The number of carbonyl (C=O) groups excluding carboxylic acids is 3. The Bertz CT molecular complexity index is 585. The van der Waals surface area contributed by atoms with Crippen LogP contribution in [0.4, 0.5) is 0 Å². The topological polar surface area (TPSA) is 217 Å². The van der Waals surface area contributed by atoms with Crippen molar-refractivity contribution in [2.45, 2.75) is 70.3 Å². The maximum atomic E-state index is 12.5. The van der Waals surface area contributed by atoms with Crippen molar-refractivity contribution in [1.82, 2.24) is 16.0 Å². The van der Waals surface area contributed by atoms with Gasteiger partial charge in [0, 0.05) is 0 Å². The minimum atomic E-state index is -1.56. The summed E-state index contributed by atoms with van der Waals surface area (Å²) in [6.45, 7) is 4.17. The number of aliphatic hydroxyl groups excluding tert-OH is 2. The van der Waals surface area contributed by atoms with Gasteiger partial charge in [0.15, 0.2) is 6.04 Å². The highest BCUT2D eigenvalue weighted by molar-refractivity contribution is 5.94. The SMILES string of the molecule is CC(C)C(NC(=O)C(CO)NC(=O)C(N)CCCCN)C(=O)NC(C(=O)O)C(C)O. The molecule has 3 amide bonds. The Morgan fingerprint density at radius 2 is 1.47 bits per heavy atom. The zero-order valence-corrected chi connectivity index (χ0v) is 17.6. The van der Waals surface area contributed by atoms with Gasteiger partial charge >= 0.3 is 5.97 Å². The number of unbranched alkanes of at least 4 members (excludes halogenated alkanes) is 1. The fourth-order valence-electron chi connectivity index (χ4n) is 2.53. The van der Waals surface area contributed by atoms with Gasteiger partial charge in [-0.3, -0.25) is 14.4 Å². The van der Waals surface area contributed by atoms with Crippen molar-refractivity contribution >= 4 is 23.7 Å².